The molecule has 3 aromatic heterocycles. The molecule has 0 aromatic carbocycles. The molecule has 6 nitrogen and oxygen atoms in total. The zero-order chi connectivity index (χ0) is 19.9. The summed E-state index contributed by atoms with van der Waals surface area (Å²) in [4.78, 5) is 23.4. The summed E-state index contributed by atoms with van der Waals surface area (Å²) in [6.45, 7) is 8.42. The van der Waals surface area contributed by atoms with Gasteiger partial charge in [0.1, 0.15) is 18.0 Å². The van der Waals surface area contributed by atoms with Gasteiger partial charge in [-0.1, -0.05) is 11.2 Å². The maximum absolute atomic E-state index is 5.47. The fraction of sp³-hybridized carbons (Fsp3) is 0.318. The first-order valence-electron chi connectivity index (χ1n) is 9.39. The van der Waals surface area contributed by atoms with Crippen molar-refractivity contribution < 1.29 is 4.84 Å². The maximum Gasteiger partial charge on any atom is 0.178 e. The number of nitrogens with zero attached hydrogens (tertiary/aromatic N) is 5. The number of aromatic nitrogens is 4. The Hall–Kier alpha value is -3.15. The number of rotatable bonds is 7. The summed E-state index contributed by atoms with van der Waals surface area (Å²) in [7, 11) is 0. The van der Waals surface area contributed by atoms with Gasteiger partial charge in [0.25, 0.3) is 0 Å². The van der Waals surface area contributed by atoms with Gasteiger partial charge in [-0.3, -0.25) is 4.98 Å². The van der Waals surface area contributed by atoms with E-state index >= 15 is 0 Å². The van der Waals surface area contributed by atoms with Crippen LogP contribution in [0.5, 0.6) is 0 Å². The van der Waals surface area contributed by atoms with Crippen molar-refractivity contribution in [1.29, 1.82) is 0 Å². The molecule has 3 rings (SSSR count). The van der Waals surface area contributed by atoms with Crippen LogP contribution in [-0.2, 0) is 11.3 Å². The normalized spacial score (nSPS) is 11.5. The Morgan fingerprint density at radius 3 is 2.64 bits per heavy atom. The predicted octanol–water partition coefficient (Wildman–Crippen LogP) is 4.23. The van der Waals surface area contributed by atoms with Crippen molar-refractivity contribution in [2.75, 3.05) is 6.61 Å². The number of hydrogen-bond donors (Lipinski definition) is 0. The van der Waals surface area contributed by atoms with E-state index in [2.05, 4.69) is 32.0 Å². The molecule has 0 saturated heterocycles. The highest BCUT2D eigenvalue weighted by Crippen LogP contribution is 2.13. The largest absolute Gasteiger partial charge is 0.396 e. The Bertz CT molecular complexity index is 964. The quantitative estimate of drug-likeness (QED) is 0.351. The van der Waals surface area contributed by atoms with Gasteiger partial charge in [0.05, 0.1) is 5.69 Å². The molecule has 3 heterocycles. The van der Waals surface area contributed by atoms with Gasteiger partial charge in [-0.25, -0.2) is 15.0 Å². The first-order valence-corrected chi connectivity index (χ1v) is 9.39. The number of oxime groups is 1. The molecule has 0 fully saturated rings. The maximum atomic E-state index is 5.47. The number of pyridine rings is 2. The summed E-state index contributed by atoms with van der Waals surface area (Å²) < 4.78 is 0. The number of aryl methyl sites for hydroxylation is 4. The van der Waals surface area contributed by atoms with E-state index in [1.165, 1.54) is 5.56 Å². The van der Waals surface area contributed by atoms with Gasteiger partial charge in [0.15, 0.2) is 5.82 Å². The second-order valence-electron chi connectivity index (χ2n) is 6.82. The summed E-state index contributed by atoms with van der Waals surface area (Å²) in [6, 6.07) is 11.8. The van der Waals surface area contributed by atoms with Gasteiger partial charge < -0.3 is 4.84 Å². The minimum atomic E-state index is 0.518. The fourth-order valence-corrected chi connectivity index (χ4v) is 2.86. The third-order valence-corrected chi connectivity index (χ3v) is 4.17. The van der Waals surface area contributed by atoms with Gasteiger partial charge in [0.2, 0.25) is 0 Å². The summed E-state index contributed by atoms with van der Waals surface area (Å²) in [5.41, 5.74) is 6.48. The minimum Gasteiger partial charge on any atom is -0.396 e. The zero-order valence-electron chi connectivity index (χ0n) is 16.8. The highest BCUT2D eigenvalue weighted by molar-refractivity contribution is 5.96. The van der Waals surface area contributed by atoms with E-state index in [1.54, 1.807) is 6.20 Å². The second-order valence-corrected chi connectivity index (χ2v) is 6.82. The van der Waals surface area contributed by atoms with Crippen molar-refractivity contribution >= 4 is 5.71 Å². The van der Waals surface area contributed by atoms with Crippen LogP contribution < -0.4 is 0 Å². The number of hydrogen-bond acceptors (Lipinski definition) is 6. The highest BCUT2D eigenvalue weighted by atomic mass is 16.6. The standard InChI is InChI=1S/C22H25N5O/c1-15-13-17(3)25-21(14-15)18(4)27-28-12-6-8-19-10-11-23-22(26-19)20-9-5-7-16(2)24-20/h5,7,9-11,13-14H,6,8,12H2,1-4H3/b27-18+. The monoisotopic (exact) mass is 375 g/mol. The molecular weight excluding hydrogens is 350 g/mol. The average molecular weight is 375 g/mol. The Balaban J connectivity index is 1.53. The third-order valence-electron chi connectivity index (χ3n) is 4.17. The molecule has 0 aliphatic rings. The van der Waals surface area contributed by atoms with Crippen LogP contribution in [0.4, 0.5) is 0 Å². The van der Waals surface area contributed by atoms with Crippen LogP contribution >= 0.6 is 0 Å². The van der Waals surface area contributed by atoms with E-state index in [9.17, 15) is 0 Å². The van der Waals surface area contributed by atoms with Crippen molar-refractivity contribution in [1.82, 2.24) is 19.9 Å². The first kappa shape index (κ1) is 19.6. The summed E-state index contributed by atoms with van der Waals surface area (Å²) >= 11 is 0. The molecule has 0 aliphatic heterocycles. The Morgan fingerprint density at radius 1 is 1.00 bits per heavy atom. The van der Waals surface area contributed by atoms with Gasteiger partial charge >= 0.3 is 0 Å². The lowest BCUT2D eigenvalue weighted by molar-refractivity contribution is 0.141. The molecule has 0 radical (unpaired) electrons. The molecule has 0 atom stereocenters. The summed E-state index contributed by atoms with van der Waals surface area (Å²) in [5.74, 6) is 0.650. The van der Waals surface area contributed by atoms with Crippen LogP contribution in [0, 0.1) is 20.8 Å². The Kier molecular flexibility index (Phi) is 6.42. The molecule has 0 bridgehead atoms. The minimum absolute atomic E-state index is 0.518. The lowest BCUT2D eigenvalue weighted by Gasteiger charge is -2.05. The Morgan fingerprint density at radius 2 is 1.86 bits per heavy atom. The lowest BCUT2D eigenvalue weighted by Crippen LogP contribution is -2.03. The van der Waals surface area contributed by atoms with Gasteiger partial charge in [-0.2, -0.15) is 0 Å². The van der Waals surface area contributed by atoms with Crippen molar-refractivity contribution in [3.8, 4) is 11.5 Å². The van der Waals surface area contributed by atoms with E-state index in [1.807, 2.05) is 57.2 Å². The smallest absolute Gasteiger partial charge is 0.178 e. The molecule has 0 aliphatic carbocycles. The van der Waals surface area contributed by atoms with Gasteiger partial charge in [-0.15, -0.1) is 0 Å². The van der Waals surface area contributed by atoms with E-state index in [0.717, 1.165) is 47.0 Å². The molecule has 0 amide bonds. The van der Waals surface area contributed by atoms with E-state index in [-0.39, 0.29) is 0 Å². The van der Waals surface area contributed by atoms with Gasteiger partial charge in [-0.05, 0) is 76.4 Å². The molecule has 144 valence electrons. The predicted molar refractivity (Wildman–Crippen MR) is 110 cm³/mol. The molecule has 0 unspecified atom stereocenters. The van der Waals surface area contributed by atoms with Gasteiger partial charge in [0, 0.05) is 23.3 Å². The van der Waals surface area contributed by atoms with Crippen molar-refractivity contribution in [2.45, 2.75) is 40.5 Å². The molecule has 6 heteroatoms. The van der Waals surface area contributed by atoms with E-state index in [4.69, 9.17) is 4.84 Å². The van der Waals surface area contributed by atoms with Crippen LogP contribution in [0.15, 0.2) is 47.8 Å². The zero-order valence-corrected chi connectivity index (χ0v) is 16.8. The summed E-state index contributed by atoms with van der Waals surface area (Å²) in [5, 5.41) is 4.19. The molecular formula is C22H25N5O. The Labute approximate surface area is 165 Å². The van der Waals surface area contributed by atoms with Crippen LogP contribution in [-0.4, -0.2) is 32.3 Å². The third kappa shape index (κ3) is 5.42. The van der Waals surface area contributed by atoms with Crippen molar-refractivity contribution in [3.63, 3.8) is 0 Å². The first-order chi connectivity index (χ1) is 13.5. The van der Waals surface area contributed by atoms with Crippen molar-refractivity contribution in [2.24, 2.45) is 5.16 Å². The molecule has 28 heavy (non-hydrogen) atoms. The van der Waals surface area contributed by atoms with Crippen LogP contribution in [0.1, 0.15) is 41.7 Å². The van der Waals surface area contributed by atoms with E-state index < -0.39 is 0 Å². The highest BCUT2D eigenvalue weighted by Gasteiger charge is 2.05. The van der Waals surface area contributed by atoms with Crippen molar-refractivity contribution in [3.05, 3.63) is 70.9 Å². The molecule has 0 saturated carbocycles. The van der Waals surface area contributed by atoms with E-state index in [0.29, 0.717) is 12.4 Å². The van der Waals surface area contributed by atoms with Crippen LogP contribution in [0.3, 0.4) is 0 Å². The average Bonchev–Trinajstić information content (AvgIpc) is 2.67. The second kappa shape index (κ2) is 9.17. The summed E-state index contributed by atoms with van der Waals surface area (Å²) in [6.07, 6.45) is 3.38. The molecule has 0 N–H and O–H groups in total. The van der Waals surface area contributed by atoms with Crippen LogP contribution in [0.25, 0.3) is 11.5 Å². The molecule has 3 aromatic rings. The molecule has 0 spiro atoms. The fourth-order valence-electron chi connectivity index (χ4n) is 2.86. The lowest BCUT2D eigenvalue weighted by atomic mass is 10.2. The topological polar surface area (TPSA) is 73.2 Å². The SMILES string of the molecule is C/C(=N\OCCCc1ccnc(-c2cccc(C)n2)n1)c1cc(C)cc(C)n1. The van der Waals surface area contributed by atoms with Crippen LogP contribution in [0.2, 0.25) is 0 Å².